The zero-order chi connectivity index (χ0) is 14.8. The number of rotatable bonds is 2. The number of non-ortho nitro benzene ring substituents is 1. The van der Waals surface area contributed by atoms with E-state index in [4.69, 9.17) is 5.73 Å². The van der Waals surface area contributed by atoms with Crippen molar-refractivity contribution in [3.63, 3.8) is 0 Å². The minimum Gasteiger partial charge on any atom is -0.383 e. The van der Waals surface area contributed by atoms with Gasteiger partial charge in [-0.25, -0.2) is 9.97 Å². The lowest BCUT2D eigenvalue weighted by molar-refractivity contribution is -0.384. The molecule has 2 aromatic rings. The molecule has 0 aliphatic heterocycles. The third-order valence-electron chi connectivity index (χ3n) is 3.78. The summed E-state index contributed by atoms with van der Waals surface area (Å²) in [7, 11) is 0. The fourth-order valence-corrected chi connectivity index (χ4v) is 2.69. The summed E-state index contributed by atoms with van der Waals surface area (Å²) in [5.74, 6) is 0.972. The topological polar surface area (TPSA) is 94.9 Å². The number of nitro groups is 1. The summed E-state index contributed by atoms with van der Waals surface area (Å²) in [6.07, 6.45) is 5.18. The van der Waals surface area contributed by atoms with Gasteiger partial charge in [-0.05, 0) is 25.7 Å². The first kappa shape index (κ1) is 13.5. The normalized spacial score (nSPS) is 14.3. The van der Waals surface area contributed by atoms with Crippen molar-refractivity contribution in [2.45, 2.75) is 32.1 Å². The molecule has 0 unspecified atom stereocenters. The van der Waals surface area contributed by atoms with E-state index >= 15 is 0 Å². The van der Waals surface area contributed by atoms with Gasteiger partial charge >= 0.3 is 0 Å². The van der Waals surface area contributed by atoms with E-state index in [1.165, 1.54) is 18.6 Å². The fourth-order valence-electron chi connectivity index (χ4n) is 2.69. The average Bonchev–Trinajstić information content (AvgIpc) is 2.73. The third kappa shape index (κ3) is 2.69. The third-order valence-corrected chi connectivity index (χ3v) is 3.78. The second kappa shape index (κ2) is 5.47. The van der Waals surface area contributed by atoms with E-state index in [0.717, 1.165) is 36.9 Å². The predicted molar refractivity (Wildman–Crippen MR) is 79.8 cm³/mol. The number of nitro benzene ring substituents is 1. The Morgan fingerprint density at radius 2 is 1.95 bits per heavy atom. The Bertz CT molecular complexity index is 700. The lowest BCUT2D eigenvalue weighted by Crippen LogP contribution is -2.06. The van der Waals surface area contributed by atoms with Crippen molar-refractivity contribution in [1.29, 1.82) is 0 Å². The van der Waals surface area contributed by atoms with Crippen molar-refractivity contribution in [2.75, 3.05) is 5.73 Å². The van der Waals surface area contributed by atoms with Crippen LogP contribution in [0.4, 0.5) is 11.5 Å². The number of hydrogen-bond donors (Lipinski definition) is 1. The first-order chi connectivity index (χ1) is 10.1. The molecule has 0 fully saturated rings. The number of anilines is 1. The molecule has 0 saturated carbocycles. The minimum atomic E-state index is -0.420. The first-order valence-corrected chi connectivity index (χ1v) is 7.05. The van der Waals surface area contributed by atoms with Gasteiger partial charge in [-0.1, -0.05) is 18.6 Å². The van der Waals surface area contributed by atoms with Gasteiger partial charge in [0.05, 0.1) is 4.92 Å². The van der Waals surface area contributed by atoms with Crippen LogP contribution in [0.2, 0.25) is 0 Å². The Morgan fingerprint density at radius 3 is 2.76 bits per heavy atom. The van der Waals surface area contributed by atoms with Crippen molar-refractivity contribution in [1.82, 2.24) is 9.97 Å². The Kier molecular flexibility index (Phi) is 3.51. The molecule has 0 bridgehead atoms. The standard InChI is InChI=1S/C15H16N4O2/c16-14-12-7-2-1-3-8-13(12)17-15(18-14)10-5-4-6-11(9-10)19(20)21/h4-6,9H,1-3,7-8H2,(H2,16,17,18). The van der Waals surface area contributed by atoms with E-state index in [1.807, 2.05) is 0 Å². The molecule has 21 heavy (non-hydrogen) atoms. The Hall–Kier alpha value is -2.50. The second-order valence-corrected chi connectivity index (χ2v) is 5.23. The van der Waals surface area contributed by atoms with Crippen LogP contribution in [0.5, 0.6) is 0 Å². The molecule has 0 spiro atoms. The van der Waals surface area contributed by atoms with Crippen LogP contribution in [-0.2, 0) is 12.8 Å². The van der Waals surface area contributed by atoms with E-state index in [2.05, 4.69) is 9.97 Å². The molecule has 108 valence electrons. The maximum Gasteiger partial charge on any atom is 0.270 e. The number of nitrogen functional groups attached to an aromatic ring is 1. The molecule has 1 aliphatic rings. The van der Waals surface area contributed by atoms with E-state index in [-0.39, 0.29) is 5.69 Å². The van der Waals surface area contributed by atoms with Gasteiger partial charge in [0.1, 0.15) is 5.82 Å². The van der Waals surface area contributed by atoms with Crippen LogP contribution in [-0.4, -0.2) is 14.9 Å². The molecule has 1 heterocycles. The van der Waals surface area contributed by atoms with Crippen molar-refractivity contribution < 1.29 is 4.92 Å². The Labute approximate surface area is 122 Å². The Morgan fingerprint density at radius 1 is 1.14 bits per heavy atom. The maximum absolute atomic E-state index is 10.9. The molecule has 1 aliphatic carbocycles. The van der Waals surface area contributed by atoms with Crippen LogP contribution >= 0.6 is 0 Å². The minimum absolute atomic E-state index is 0.0321. The number of aryl methyl sites for hydroxylation is 1. The van der Waals surface area contributed by atoms with E-state index < -0.39 is 4.92 Å². The lowest BCUT2D eigenvalue weighted by atomic mass is 10.1. The average molecular weight is 284 g/mol. The van der Waals surface area contributed by atoms with Gasteiger partial charge in [0.25, 0.3) is 5.69 Å². The first-order valence-electron chi connectivity index (χ1n) is 7.05. The van der Waals surface area contributed by atoms with Crippen molar-refractivity contribution in [2.24, 2.45) is 0 Å². The summed E-state index contributed by atoms with van der Waals surface area (Å²) >= 11 is 0. The highest BCUT2D eigenvalue weighted by Gasteiger charge is 2.17. The highest BCUT2D eigenvalue weighted by atomic mass is 16.6. The number of nitrogens with two attached hydrogens (primary N) is 1. The number of nitrogens with zero attached hydrogens (tertiary/aromatic N) is 3. The molecule has 3 rings (SSSR count). The molecule has 1 aromatic carbocycles. The van der Waals surface area contributed by atoms with Crippen LogP contribution in [0.3, 0.4) is 0 Å². The van der Waals surface area contributed by atoms with Crippen LogP contribution in [0.15, 0.2) is 24.3 Å². The highest BCUT2D eigenvalue weighted by Crippen LogP contribution is 2.27. The second-order valence-electron chi connectivity index (χ2n) is 5.23. The predicted octanol–water partition coefficient (Wildman–Crippen LogP) is 2.90. The number of fused-ring (bicyclic) bond motifs is 1. The molecule has 2 N–H and O–H groups in total. The van der Waals surface area contributed by atoms with Gasteiger partial charge in [0.2, 0.25) is 0 Å². The Balaban J connectivity index is 2.07. The molecule has 6 heteroatoms. The molecular weight excluding hydrogens is 268 g/mol. The number of benzene rings is 1. The smallest absolute Gasteiger partial charge is 0.270 e. The lowest BCUT2D eigenvalue weighted by Gasteiger charge is -2.10. The number of hydrogen-bond acceptors (Lipinski definition) is 5. The molecule has 0 radical (unpaired) electrons. The van der Waals surface area contributed by atoms with E-state index in [0.29, 0.717) is 17.2 Å². The van der Waals surface area contributed by atoms with Gasteiger partial charge in [-0.3, -0.25) is 10.1 Å². The molecular formula is C15H16N4O2. The molecule has 0 saturated heterocycles. The van der Waals surface area contributed by atoms with Crippen molar-refractivity contribution in [3.05, 3.63) is 45.6 Å². The SMILES string of the molecule is Nc1nc(-c2cccc([N+](=O)[O-])c2)nc2c1CCCCC2. The van der Waals surface area contributed by atoms with Crippen LogP contribution in [0.1, 0.15) is 30.5 Å². The molecule has 1 aromatic heterocycles. The van der Waals surface area contributed by atoms with Gasteiger partial charge in [0.15, 0.2) is 5.82 Å². The van der Waals surface area contributed by atoms with Crippen molar-refractivity contribution >= 4 is 11.5 Å². The van der Waals surface area contributed by atoms with E-state index in [1.54, 1.807) is 12.1 Å². The van der Waals surface area contributed by atoms with Crippen LogP contribution in [0, 0.1) is 10.1 Å². The quantitative estimate of drug-likeness (QED) is 0.519. The number of aromatic nitrogens is 2. The molecule has 0 amide bonds. The summed E-state index contributed by atoms with van der Waals surface area (Å²) < 4.78 is 0. The van der Waals surface area contributed by atoms with E-state index in [9.17, 15) is 10.1 Å². The molecule has 6 nitrogen and oxygen atoms in total. The summed E-state index contributed by atoms with van der Waals surface area (Å²) in [6.45, 7) is 0. The maximum atomic E-state index is 10.9. The van der Waals surface area contributed by atoms with Gasteiger partial charge in [-0.2, -0.15) is 0 Å². The highest BCUT2D eigenvalue weighted by molar-refractivity contribution is 5.62. The summed E-state index contributed by atoms with van der Waals surface area (Å²) in [5.41, 5.74) is 8.75. The summed E-state index contributed by atoms with van der Waals surface area (Å²) in [6, 6.07) is 6.34. The summed E-state index contributed by atoms with van der Waals surface area (Å²) in [5, 5.41) is 10.9. The van der Waals surface area contributed by atoms with Crippen LogP contribution in [0.25, 0.3) is 11.4 Å². The molecule has 0 atom stereocenters. The zero-order valence-corrected chi connectivity index (χ0v) is 11.6. The van der Waals surface area contributed by atoms with Gasteiger partial charge in [-0.15, -0.1) is 0 Å². The van der Waals surface area contributed by atoms with Crippen LogP contribution < -0.4 is 5.73 Å². The van der Waals surface area contributed by atoms with Gasteiger partial charge < -0.3 is 5.73 Å². The monoisotopic (exact) mass is 284 g/mol. The zero-order valence-electron chi connectivity index (χ0n) is 11.6. The van der Waals surface area contributed by atoms with Gasteiger partial charge in [0, 0.05) is 29.0 Å². The fraction of sp³-hybridized carbons (Fsp3) is 0.333. The van der Waals surface area contributed by atoms with Crippen molar-refractivity contribution in [3.8, 4) is 11.4 Å². The largest absolute Gasteiger partial charge is 0.383 e. The summed E-state index contributed by atoms with van der Waals surface area (Å²) in [4.78, 5) is 19.4.